The van der Waals surface area contributed by atoms with Crippen LogP contribution >= 0.6 is 0 Å². The molecule has 5 aromatic rings. The van der Waals surface area contributed by atoms with Crippen LogP contribution in [0.1, 0.15) is 12.8 Å². The van der Waals surface area contributed by atoms with Gasteiger partial charge in [-0.25, -0.2) is 23.1 Å². The predicted octanol–water partition coefficient (Wildman–Crippen LogP) is 4.94. The first-order valence-corrected chi connectivity index (χ1v) is 10.5. The number of nitrogens with one attached hydrogen (secondary N) is 2. The number of anilines is 1. The maximum absolute atomic E-state index is 13.7. The number of pyridine rings is 2. The average molecular weight is 449 g/mol. The highest BCUT2D eigenvalue weighted by molar-refractivity contribution is 5.97. The number of imidazole rings is 1. The van der Waals surface area contributed by atoms with Crippen molar-refractivity contribution in [3.63, 3.8) is 0 Å². The molecule has 1 fully saturated rings. The summed E-state index contributed by atoms with van der Waals surface area (Å²) in [5, 5.41) is 8.24. The molecule has 1 saturated heterocycles. The van der Waals surface area contributed by atoms with E-state index in [-0.39, 0.29) is 25.9 Å². The summed E-state index contributed by atoms with van der Waals surface area (Å²) < 4.78 is 40.9. The minimum atomic E-state index is -2.63. The Morgan fingerprint density at radius 2 is 1.82 bits per heavy atom. The molecule has 0 atom stereocenters. The van der Waals surface area contributed by atoms with Crippen molar-refractivity contribution in [2.45, 2.75) is 18.8 Å². The maximum atomic E-state index is 13.7. The van der Waals surface area contributed by atoms with Gasteiger partial charge in [-0.15, -0.1) is 0 Å². The molecular formula is C23H18F3N7. The molecule has 1 aliphatic rings. The van der Waals surface area contributed by atoms with Crippen molar-refractivity contribution in [1.82, 2.24) is 30.1 Å². The minimum Gasteiger partial charge on any atom is -0.354 e. The summed E-state index contributed by atoms with van der Waals surface area (Å²) in [4.78, 5) is 18.2. The van der Waals surface area contributed by atoms with E-state index >= 15 is 0 Å². The second kappa shape index (κ2) is 7.29. The van der Waals surface area contributed by atoms with Gasteiger partial charge in [0.2, 0.25) is 0 Å². The first-order chi connectivity index (χ1) is 16.0. The summed E-state index contributed by atoms with van der Waals surface area (Å²) in [6.07, 6.45) is 4.00. The van der Waals surface area contributed by atoms with Crippen LogP contribution in [0.25, 0.3) is 44.6 Å². The van der Waals surface area contributed by atoms with Crippen LogP contribution in [0.3, 0.4) is 0 Å². The molecule has 6 rings (SSSR count). The Morgan fingerprint density at radius 3 is 2.64 bits per heavy atom. The number of hydrogen-bond donors (Lipinski definition) is 2. The lowest BCUT2D eigenvalue weighted by Crippen LogP contribution is -2.39. The van der Waals surface area contributed by atoms with E-state index in [0.717, 1.165) is 28.2 Å². The number of hydrogen-bond acceptors (Lipinski definition) is 5. The number of aromatic nitrogens is 6. The summed E-state index contributed by atoms with van der Waals surface area (Å²) in [5.74, 6) is -1.93. The van der Waals surface area contributed by atoms with Crippen LogP contribution in [0.4, 0.5) is 19.0 Å². The summed E-state index contributed by atoms with van der Waals surface area (Å²) in [6, 6.07) is 8.87. The SMILES string of the molecule is Fc1cncc(-c2ccc3[nH]nc(-c4nc5c(N6CCC(F)(F)CC6)nccc5[nH]4)c3c2)c1. The predicted molar refractivity (Wildman–Crippen MR) is 119 cm³/mol. The van der Waals surface area contributed by atoms with Gasteiger partial charge in [0, 0.05) is 49.3 Å². The Morgan fingerprint density at radius 1 is 0.970 bits per heavy atom. The smallest absolute Gasteiger partial charge is 0.251 e. The molecule has 0 amide bonds. The molecule has 1 aromatic carbocycles. The number of alkyl halides is 2. The minimum absolute atomic E-state index is 0.204. The first kappa shape index (κ1) is 19.7. The Labute approximate surface area is 185 Å². The largest absolute Gasteiger partial charge is 0.354 e. The highest BCUT2D eigenvalue weighted by Gasteiger charge is 2.35. The number of aromatic amines is 2. The lowest BCUT2D eigenvalue weighted by atomic mass is 10.0. The maximum Gasteiger partial charge on any atom is 0.251 e. The zero-order valence-electron chi connectivity index (χ0n) is 17.3. The third kappa shape index (κ3) is 3.47. The van der Waals surface area contributed by atoms with E-state index in [1.54, 1.807) is 18.5 Å². The summed E-state index contributed by atoms with van der Waals surface area (Å²) in [7, 11) is 0. The molecule has 1 aliphatic heterocycles. The van der Waals surface area contributed by atoms with Crippen molar-refractivity contribution >= 4 is 27.8 Å². The molecule has 0 bridgehead atoms. The van der Waals surface area contributed by atoms with E-state index < -0.39 is 11.7 Å². The molecule has 4 aromatic heterocycles. The van der Waals surface area contributed by atoms with Crippen molar-refractivity contribution in [3.8, 4) is 22.6 Å². The number of piperidine rings is 1. The van der Waals surface area contributed by atoms with Gasteiger partial charge < -0.3 is 9.88 Å². The molecule has 5 heterocycles. The van der Waals surface area contributed by atoms with Gasteiger partial charge >= 0.3 is 0 Å². The van der Waals surface area contributed by atoms with E-state index in [9.17, 15) is 13.2 Å². The van der Waals surface area contributed by atoms with Crippen LogP contribution in [-0.2, 0) is 0 Å². The number of benzene rings is 1. The highest BCUT2D eigenvalue weighted by Crippen LogP contribution is 2.34. The molecule has 0 saturated carbocycles. The van der Waals surface area contributed by atoms with Crippen molar-refractivity contribution in [1.29, 1.82) is 0 Å². The quantitative estimate of drug-likeness (QED) is 0.408. The number of halogens is 3. The monoisotopic (exact) mass is 449 g/mol. The zero-order valence-corrected chi connectivity index (χ0v) is 17.3. The molecule has 10 heteroatoms. The molecule has 166 valence electrons. The molecule has 33 heavy (non-hydrogen) atoms. The van der Waals surface area contributed by atoms with Gasteiger partial charge in [-0.05, 0) is 29.8 Å². The Kier molecular flexibility index (Phi) is 4.36. The highest BCUT2D eigenvalue weighted by atomic mass is 19.3. The van der Waals surface area contributed by atoms with E-state index in [1.165, 1.54) is 6.07 Å². The third-order valence-electron chi connectivity index (χ3n) is 6.00. The van der Waals surface area contributed by atoms with Gasteiger partial charge in [0.05, 0.1) is 17.2 Å². The first-order valence-electron chi connectivity index (χ1n) is 10.5. The van der Waals surface area contributed by atoms with Gasteiger partial charge in [0.25, 0.3) is 5.92 Å². The molecule has 0 spiro atoms. The lowest BCUT2D eigenvalue weighted by molar-refractivity contribution is -0.0221. The topological polar surface area (TPSA) is 86.4 Å². The fraction of sp³-hybridized carbons (Fsp3) is 0.217. The lowest BCUT2D eigenvalue weighted by Gasteiger charge is -2.32. The second-order valence-electron chi connectivity index (χ2n) is 8.18. The summed E-state index contributed by atoms with van der Waals surface area (Å²) in [5.41, 5.74) is 4.21. The summed E-state index contributed by atoms with van der Waals surface area (Å²) in [6.45, 7) is 0.440. The molecule has 7 nitrogen and oxygen atoms in total. The van der Waals surface area contributed by atoms with E-state index in [1.807, 2.05) is 23.1 Å². The van der Waals surface area contributed by atoms with Crippen molar-refractivity contribution in [3.05, 3.63) is 54.7 Å². The van der Waals surface area contributed by atoms with Crippen LogP contribution in [0.15, 0.2) is 48.9 Å². The fourth-order valence-corrected chi connectivity index (χ4v) is 4.25. The van der Waals surface area contributed by atoms with E-state index in [0.29, 0.717) is 28.4 Å². The van der Waals surface area contributed by atoms with Gasteiger partial charge in [0.1, 0.15) is 17.0 Å². The van der Waals surface area contributed by atoms with E-state index in [4.69, 9.17) is 4.98 Å². The van der Waals surface area contributed by atoms with Crippen LogP contribution in [0.5, 0.6) is 0 Å². The van der Waals surface area contributed by atoms with Gasteiger partial charge in [0.15, 0.2) is 11.6 Å². The van der Waals surface area contributed by atoms with Gasteiger partial charge in [-0.3, -0.25) is 10.1 Å². The molecule has 0 aliphatic carbocycles. The zero-order chi connectivity index (χ0) is 22.6. The van der Waals surface area contributed by atoms with Crippen molar-refractivity contribution < 1.29 is 13.2 Å². The normalized spacial score (nSPS) is 16.0. The Bertz CT molecular complexity index is 1480. The number of nitrogens with zero attached hydrogens (tertiary/aromatic N) is 5. The van der Waals surface area contributed by atoms with Crippen molar-refractivity contribution in [2.24, 2.45) is 0 Å². The molecule has 2 N–H and O–H groups in total. The number of fused-ring (bicyclic) bond motifs is 2. The van der Waals surface area contributed by atoms with E-state index in [2.05, 4.69) is 25.1 Å². The second-order valence-corrected chi connectivity index (χ2v) is 8.18. The molecule has 0 radical (unpaired) electrons. The van der Waals surface area contributed by atoms with Gasteiger partial charge in [-0.2, -0.15) is 5.10 Å². The number of rotatable bonds is 3. The van der Waals surface area contributed by atoms with Crippen LogP contribution in [-0.4, -0.2) is 49.1 Å². The molecular weight excluding hydrogens is 431 g/mol. The van der Waals surface area contributed by atoms with Crippen LogP contribution in [0.2, 0.25) is 0 Å². The third-order valence-corrected chi connectivity index (χ3v) is 6.00. The molecule has 0 unspecified atom stereocenters. The fourth-order valence-electron chi connectivity index (χ4n) is 4.25. The summed E-state index contributed by atoms with van der Waals surface area (Å²) >= 11 is 0. The standard InChI is InChI=1S/C23H18F3N7/c24-15-9-14(11-27-12-15)13-1-2-17-16(10-13)19(32-31-17)21-29-18-3-6-28-22(20(18)30-21)33-7-4-23(25,26)5-8-33/h1-3,6,9-12H,4-5,7-8H2,(H,29,30)(H,31,32). The van der Waals surface area contributed by atoms with Crippen molar-refractivity contribution in [2.75, 3.05) is 18.0 Å². The Hall–Kier alpha value is -3.95. The Balaban J connectivity index is 1.42. The van der Waals surface area contributed by atoms with Crippen LogP contribution in [0, 0.1) is 5.82 Å². The number of H-pyrrole nitrogens is 2. The average Bonchev–Trinajstić information content (AvgIpc) is 3.42. The van der Waals surface area contributed by atoms with Crippen LogP contribution < -0.4 is 4.90 Å². The van der Waals surface area contributed by atoms with Gasteiger partial charge in [-0.1, -0.05) is 6.07 Å².